The Hall–Kier alpha value is -3.04. The molecule has 1 aromatic heterocycles. The first-order chi connectivity index (χ1) is 14.0. The van der Waals surface area contributed by atoms with Gasteiger partial charge in [-0.15, -0.1) is 22.0 Å². The number of amides is 1. The second-order valence-corrected chi connectivity index (χ2v) is 7.20. The molecule has 3 aromatic rings. The molecule has 8 nitrogen and oxygen atoms in total. The van der Waals surface area contributed by atoms with E-state index in [9.17, 15) is 9.59 Å². The van der Waals surface area contributed by atoms with E-state index in [0.29, 0.717) is 27.9 Å². The average molecular weight is 432 g/mol. The van der Waals surface area contributed by atoms with E-state index in [2.05, 4.69) is 15.5 Å². The van der Waals surface area contributed by atoms with Gasteiger partial charge in [-0.3, -0.25) is 14.2 Å². The Balaban J connectivity index is 1.81. The summed E-state index contributed by atoms with van der Waals surface area (Å²) in [5.41, 5.74) is 6.15. The number of nitrogens with one attached hydrogen (secondary N) is 1. The van der Waals surface area contributed by atoms with Crippen molar-refractivity contribution in [2.45, 2.75) is 12.5 Å². The predicted octanol–water partition coefficient (Wildman–Crippen LogP) is 3.03. The minimum Gasteiger partial charge on any atom is -0.487 e. The maximum Gasteiger partial charge on any atom is 0.281 e. The number of carbonyl (C=O) groups excluding carboxylic acids is 1. The first-order valence-corrected chi connectivity index (χ1v) is 10.3. The molecule has 0 saturated carbocycles. The lowest BCUT2D eigenvalue weighted by Gasteiger charge is -2.13. The predicted molar refractivity (Wildman–Crippen MR) is 114 cm³/mol. The van der Waals surface area contributed by atoms with Crippen molar-refractivity contribution >= 4 is 40.9 Å². The molecule has 29 heavy (non-hydrogen) atoms. The minimum atomic E-state index is -0.513. The lowest BCUT2D eigenvalue weighted by Crippen LogP contribution is -2.29. The van der Waals surface area contributed by atoms with Gasteiger partial charge in [0.05, 0.1) is 5.88 Å². The number of benzene rings is 2. The summed E-state index contributed by atoms with van der Waals surface area (Å²) in [5, 5.41) is 11.8. The van der Waals surface area contributed by atoms with Crippen molar-refractivity contribution < 1.29 is 9.53 Å². The van der Waals surface area contributed by atoms with Gasteiger partial charge < -0.3 is 15.8 Å². The normalized spacial score (nSPS) is 10.6. The highest BCUT2D eigenvalue weighted by Crippen LogP contribution is 2.17. The van der Waals surface area contributed by atoms with Crippen LogP contribution in [-0.4, -0.2) is 26.9 Å². The zero-order valence-corrected chi connectivity index (χ0v) is 17.0. The lowest BCUT2D eigenvalue weighted by atomic mass is 10.2. The van der Waals surface area contributed by atoms with E-state index >= 15 is 0 Å². The number of primary amides is 1. The third kappa shape index (κ3) is 5.27. The molecule has 2 aromatic carbocycles. The van der Waals surface area contributed by atoms with Crippen LogP contribution in [0.4, 0.5) is 11.6 Å². The first kappa shape index (κ1) is 20.7. The van der Waals surface area contributed by atoms with E-state index in [1.807, 2.05) is 6.26 Å². The second-order valence-electron chi connectivity index (χ2n) is 5.93. The molecular weight excluding hydrogens is 414 g/mol. The highest BCUT2D eigenvalue weighted by atomic mass is 35.5. The fraction of sp³-hybridized carbons (Fsp3) is 0.158. The fourth-order valence-corrected chi connectivity index (χ4v) is 3.04. The third-order valence-corrected chi connectivity index (χ3v) is 4.65. The van der Waals surface area contributed by atoms with E-state index in [-0.39, 0.29) is 23.8 Å². The summed E-state index contributed by atoms with van der Waals surface area (Å²) in [5.74, 6) is 0.722. The van der Waals surface area contributed by atoms with Crippen molar-refractivity contribution in [2.75, 3.05) is 11.6 Å². The van der Waals surface area contributed by atoms with Crippen LogP contribution in [0.15, 0.2) is 53.3 Å². The molecule has 1 heterocycles. The number of nitrogens with two attached hydrogens (primary N) is 1. The first-order valence-electron chi connectivity index (χ1n) is 8.48. The molecule has 0 aliphatic heterocycles. The molecule has 0 aliphatic carbocycles. The number of halogens is 1. The Morgan fingerprint density at radius 3 is 2.48 bits per heavy atom. The molecule has 10 heteroatoms. The number of ether oxygens (including phenoxy) is 1. The number of carbonyl (C=O) groups is 1. The van der Waals surface area contributed by atoms with Gasteiger partial charge in [0.25, 0.3) is 5.56 Å². The molecule has 3 rings (SSSR count). The van der Waals surface area contributed by atoms with Crippen LogP contribution in [0, 0.1) is 0 Å². The molecule has 150 valence electrons. The minimum absolute atomic E-state index is 0.0184. The van der Waals surface area contributed by atoms with Crippen LogP contribution in [0.5, 0.6) is 5.75 Å². The molecular formula is C19H18ClN5O3S. The molecule has 0 radical (unpaired) electrons. The van der Waals surface area contributed by atoms with Gasteiger partial charge in [-0.1, -0.05) is 11.6 Å². The Morgan fingerprint density at radius 2 is 1.86 bits per heavy atom. The van der Waals surface area contributed by atoms with E-state index in [0.717, 1.165) is 0 Å². The van der Waals surface area contributed by atoms with Gasteiger partial charge >= 0.3 is 0 Å². The topological polar surface area (TPSA) is 112 Å². The number of anilines is 2. The maximum absolute atomic E-state index is 12.8. The van der Waals surface area contributed by atoms with E-state index < -0.39 is 5.91 Å². The summed E-state index contributed by atoms with van der Waals surface area (Å²) in [4.78, 5) is 24.0. The second kappa shape index (κ2) is 9.44. The van der Waals surface area contributed by atoms with Crippen molar-refractivity contribution in [1.82, 2.24) is 14.8 Å². The number of hydrogen-bond donors (Lipinski definition) is 2. The van der Waals surface area contributed by atoms with Gasteiger partial charge in [-0.2, -0.15) is 0 Å². The van der Waals surface area contributed by atoms with Gasteiger partial charge in [0.15, 0.2) is 5.69 Å². The van der Waals surface area contributed by atoms with E-state index in [1.165, 1.54) is 16.3 Å². The van der Waals surface area contributed by atoms with Crippen LogP contribution in [0.1, 0.15) is 16.1 Å². The van der Waals surface area contributed by atoms with Crippen LogP contribution >= 0.6 is 23.4 Å². The van der Waals surface area contributed by atoms with Crippen molar-refractivity contribution in [3.05, 3.63) is 75.2 Å². The molecule has 0 saturated heterocycles. The van der Waals surface area contributed by atoms with Gasteiger partial charge in [0.2, 0.25) is 11.9 Å². The summed E-state index contributed by atoms with van der Waals surface area (Å²) < 4.78 is 7.08. The summed E-state index contributed by atoms with van der Waals surface area (Å²) >= 11 is 7.32. The zero-order chi connectivity index (χ0) is 20.8. The van der Waals surface area contributed by atoms with Crippen molar-refractivity contribution in [1.29, 1.82) is 0 Å². The molecule has 0 aliphatic rings. The third-order valence-electron chi connectivity index (χ3n) is 3.89. The zero-order valence-electron chi connectivity index (χ0n) is 15.5. The quantitative estimate of drug-likeness (QED) is 0.563. The summed E-state index contributed by atoms with van der Waals surface area (Å²) in [6.07, 6.45) is 1.88. The molecule has 0 unspecified atom stereocenters. The van der Waals surface area contributed by atoms with Gasteiger partial charge in [0, 0.05) is 16.3 Å². The molecule has 0 fully saturated rings. The van der Waals surface area contributed by atoms with E-state index in [1.54, 1.807) is 48.5 Å². The summed E-state index contributed by atoms with van der Waals surface area (Å²) in [6, 6.07) is 13.3. The largest absolute Gasteiger partial charge is 0.487 e. The Bertz CT molecular complexity index is 1050. The monoisotopic (exact) mass is 431 g/mol. The molecule has 1 amide bonds. The standard InChI is InChI=1S/C19H18ClN5O3S/c1-29-11-25-18(27)16(10-28-15-8-4-13(20)5-9-15)23-24-19(25)22-14-6-2-12(3-7-14)17(21)26/h2-9H,10-11H2,1H3,(H2,21,26)(H,22,24). The summed E-state index contributed by atoms with van der Waals surface area (Å²) in [6.45, 7) is -0.0184. The molecule has 3 N–H and O–H groups in total. The van der Waals surface area contributed by atoms with Crippen LogP contribution in [0.3, 0.4) is 0 Å². The van der Waals surface area contributed by atoms with Gasteiger partial charge in [-0.05, 0) is 54.8 Å². The van der Waals surface area contributed by atoms with E-state index in [4.69, 9.17) is 22.1 Å². The molecule has 0 spiro atoms. The highest BCUT2D eigenvalue weighted by Gasteiger charge is 2.13. The summed E-state index contributed by atoms with van der Waals surface area (Å²) in [7, 11) is 0. The lowest BCUT2D eigenvalue weighted by molar-refractivity contribution is 0.100. The number of thioether (sulfide) groups is 1. The number of hydrogen-bond acceptors (Lipinski definition) is 7. The van der Waals surface area contributed by atoms with Crippen molar-refractivity contribution in [3.8, 4) is 5.75 Å². The average Bonchev–Trinajstić information content (AvgIpc) is 2.72. The Morgan fingerprint density at radius 1 is 1.17 bits per heavy atom. The van der Waals surface area contributed by atoms with Gasteiger partial charge in [-0.25, -0.2) is 0 Å². The van der Waals surface area contributed by atoms with Gasteiger partial charge in [0.1, 0.15) is 12.4 Å². The fourth-order valence-electron chi connectivity index (χ4n) is 2.42. The van der Waals surface area contributed by atoms with Crippen molar-refractivity contribution in [3.63, 3.8) is 0 Å². The number of nitrogens with zero attached hydrogens (tertiary/aromatic N) is 3. The van der Waals surface area contributed by atoms with Crippen molar-refractivity contribution in [2.24, 2.45) is 5.73 Å². The maximum atomic E-state index is 12.8. The Labute approximate surface area is 176 Å². The number of aromatic nitrogens is 3. The highest BCUT2D eigenvalue weighted by molar-refractivity contribution is 7.97. The van der Waals surface area contributed by atoms with Crippen LogP contribution in [-0.2, 0) is 12.5 Å². The molecule has 0 atom stereocenters. The SMILES string of the molecule is CSCn1c(Nc2ccc(C(N)=O)cc2)nnc(COc2ccc(Cl)cc2)c1=O. The number of rotatable bonds is 8. The van der Waals surface area contributed by atoms with Crippen LogP contribution in [0.25, 0.3) is 0 Å². The smallest absolute Gasteiger partial charge is 0.281 e. The van der Waals surface area contributed by atoms with Crippen LogP contribution < -0.4 is 21.3 Å². The van der Waals surface area contributed by atoms with Crippen LogP contribution in [0.2, 0.25) is 5.02 Å². The Kier molecular flexibility index (Phi) is 6.73. The molecule has 0 bridgehead atoms.